The molecule has 0 spiro atoms. The van der Waals surface area contributed by atoms with Gasteiger partial charge in [0.2, 0.25) is 0 Å². The topological polar surface area (TPSA) is 43.6 Å². The molecular weight excluding hydrogens is 398 g/mol. The summed E-state index contributed by atoms with van der Waals surface area (Å²) in [7, 11) is 0. The van der Waals surface area contributed by atoms with Crippen LogP contribution in [0.3, 0.4) is 0 Å². The third-order valence-electron chi connectivity index (χ3n) is 5.21. The lowest BCUT2D eigenvalue weighted by Crippen LogP contribution is -2.07. The number of fused-ring (bicyclic) bond motifs is 1. The molecule has 4 rings (SSSR count). The van der Waals surface area contributed by atoms with Gasteiger partial charge in [-0.1, -0.05) is 35.9 Å². The highest BCUT2D eigenvalue weighted by Gasteiger charge is 2.19. The van der Waals surface area contributed by atoms with Gasteiger partial charge in [0.25, 0.3) is 0 Å². The van der Waals surface area contributed by atoms with E-state index in [1.54, 1.807) is 29.7 Å². The van der Waals surface area contributed by atoms with Crippen LogP contribution in [0.4, 0.5) is 8.78 Å². The molecule has 0 fully saturated rings. The van der Waals surface area contributed by atoms with E-state index in [9.17, 15) is 13.6 Å². The summed E-state index contributed by atoms with van der Waals surface area (Å²) in [6.07, 6.45) is 2.73. The first-order valence-electron chi connectivity index (χ1n) is 10.1. The highest BCUT2D eigenvalue weighted by Crippen LogP contribution is 2.25. The van der Waals surface area contributed by atoms with Gasteiger partial charge in [-0.2, -0.15) is 0 Å². The van der Waals surface area contributed by atoms with Crippen LogP contribution in [0, 0.1) is 25.5 Å². The standard InChI is InChI=1S/C25H22F2N2O2/c1-16-6-3-7-18(14-16)11-12-22(30)24-17(2)28-25-23(10-5-13-29(24)25)31-15-19-20(26)8-4-9-21(19)27/h3-10,13-14H,11-12,15H2,1-2H3. The van der Waals surface area contributed by atoms with Crippen molar-refractivity contribution >= 4 is 11.4 Å². The molecule has 0 aliphatic heterocycles. The van der Waals surface area contributed by atoms with Crippen LogP contribution < -0.4 is 4.74 Å². The monoisotopic (exact) mass is 420 g/mol. The van der Waals surface area contributed by atoms with Crippen LogP contribution in [0.2, 0.25) is 0 Å². The molecule has 4 aromatic rings. The van der Waals surface area contributed by atoms with Gasteiger partial charge in [0.05, 0.1) is 11.3 Å². The van der Waals surface area contributed by atoms with Gasteiger partial charge in [-0.3, -0.25) is 9.20 Å². The summed E-state index contributed by atoms with van der Waals surface area (Å²) < 4.78 is 35.2. The molecule has 0 aliphatic rings. The number of hydrogen-bond donors (Lipinski definition) is 0. The van der Waals surface area contributed by atoms with E-state index in [0.717, 1.165) is 11.1 Å². The molecule has 0 saturated carbocycles. The second kappa shape index (κ2) is 8.68. The highest BCUT2D eigenvalue weighted by molar-refractivity contribution is 5.96. The Labute approximate surface area is 179 Å². The Morgan fingerprint density at radius 1 is 1.03 bits per heavy atom. The molecule has 2 aromatic heterocycles. The minimum atomic E-state index is -0.668. The third-order valence-corrected chi connectivity index (χ3v) is 5.21. The highest BCUT2D eigenvalue weighted by atomic mass is 19.1. The number of halogens is 2. The van der Waals surface area contributed by atoms with E-state index in [1.165, 1.54) is 18.2 Å². The fourth-order valence-corrected chi connectivity index (χ4v) is 3.67. The van der Waals surface area contributed by atoms with Gasteiger partial charge in [-0.05, 0) is 50.1 Å². The molecule has 158 valence electrons. The van der Waals surface area contributed by atoms with Crippen LogP contribution in [0.25, 0.3) is 5.65 Å². The summed E-state index contributed by atoms with van der Waals surface area (Å²) in [5.41, 5.74) is 3.63. The molecule has 0 bridgehead atoms. The van der Waals surface area contributed by atoms with Crippen molar-refractivity contribution in [3.8, 4) is 5.75 Å². The number of Topliss-reactive ketones (excluding diaryl/α,β-unsaturated/α-hetero) is 1. The fourth-order valence-electron chi connectivity index (χ4n) is 3.67. The zero-order valence-corrected chi connectivity index (χ0v) is 17.4. The molecule has 2 heterocycles. The fraction of sp³-hybridized carbons (Fsp3) is 0.200. The molecule has 0 saturated heterocycles. The average molecular weight is 420 g/mol. The Bertz CT molecular complexity index is 1240. The van der Waals surface area contributed by atoms with Gasteiger partial charge in [-0.25, -0.2) is 13.8 Å². The Morgan fingerprint density at radius 3 is 2.52 bits per heavy atom. The smallest absolute Gasteiger partial charge is 0.181 e. The molecular formula is C25H22F2N2O2. The first-order valence-corrected chi connectivity index (χ1v) is 10.1. The summed E-state index contributed by atoms with van der Waals surface area (Å²) in [6, 6.07) is 15.2. The Hall–Kier alpha value is -3.54. The van der Waals surface area contributed by atoms with Crippen molar-refractivity contribution in [2.75, 3.05) is 0 Å². The van der Waals surface area contributed by atoms with Crippen molar-refractivity contribution < 1.29 is 18.3 Å². The Morgan fingerprint density at radius 2 is 1.77 bits per heavy atom. The molecule has 0 radical (unpaired) electrons. The first-order chi connectivity index (χ1) is 14.9. The lowest BCUT2D eigenvalue weighted by atomic mass is 10.0. The lowest BCUT2D eigenvalue weighted by Gasteiger charge is -2.09. The van der Waals surface area contributed by atoms with Crippen LogP contribution in [-0.4, -0.2) is 15.2 Å². The molecule has 6 heteroatoms. The number of ether oxygens (including phenoxy) is 1. The maximum atomic E-state index is 13.9. The summed E-state index contributed by atoms with van der Waals surface area (Å²) in [5, 5.41) is 0. The van der Waals surface area contributed by atoms with Crippen molar-refractivity contribution in [1.29, 1.82) is 0 Å². The van der Waals surface area contributed by atoms with E-state index in [-0.39, 0.29) is 18.0 Å². The van der Waals surface area contributed by atoms with Gasteiger partial charge in [0.1, 0.15) is 23.9 Å². The molecule has 0 N–H and O–H groups in total. The SMILES string of the molecule is Cc1cccc(CCC(=O)c2c(C)nc3c(OCc4c(F)cccc4F)cccn23)c1. The minimum Gasteiger partial charge on any atom is -0.485 e. The van der Waals surface area contributed by atoms with Crippen molar-refractivity contribution in [1.82, 2.24) is 9.38 Å². The molecule has 0 atom stereocenters. The van der Waals surface area contributed by atoms with E-state index >= 15 is 0 Å². The molecule has 2 aromatic carbocycles. The Balaban J connectivity index is 1.57. The maximum absolute atomic E-state index is 13.9. The van der Waals surface area contributed by atoms with E-state index in [4.69, 9.17) is 4.74 Å². The summed E-state index contributed by atoms with van der Waals surface area (Å²) in [5.74, 6) is -1.01. The summed E-state index contributed by atoms with van der Waals surface area (Å²) in [6.45, 7) is 3.52. The summed E-state index contributed by atoms with van der Waals surface area (Å²) >= 11 is 0. The van der Waals surface area contributed by atoms with Gasteiger partial charge in [-0.15, -0.1) is 0 Å². The maximum Gasteiger partial charge on any atom is 0.181 e. The lowest BCUT2D eigenvalue weighted by molar-refractivity contribution is 0.0976. The van der Waals surface area contributed by atoms with Crippen LogP contribution in [0.5, 0.6) is 5.75 Å². The zero-order valence-electron chi connectivity index (χ0n) is 17.4. The molecule has 0 aliphatic carbocycles. The van der Waals surface area contributed by atoms with Crippen molar-refractivity contribution in [2.45, 2.75) is 33.3 Å². The number of nitrogens with zero attached hydrogens (tertiary/aromatic N) is 2. The number of pyridine rings is 1. The number of carbonyl (C=O) groups excluding carboxylic acids is 1. The second-order valence-corrected chi connectivity index (χ2v) is 7.51. The quantitative estimate of drug-likeness (QED) is 0.364. The predicted molar refractivity (Wildman–Crippen MR) is 114 cm³/mol. The number of rotatable bonds is 7. The van der Waals surface area contributed by atoms with Gasteiger partial charge in [0, 0.05) is 12.6 Å². The first kappa shape index (κ1) is 20.7. The van der Waals surface area contributed by atoms with Crippen LogP contribution in [0.1, 0.15) is 39.3 Å². The zero-order chi connectivity index (χ0) is 22.0. The van der Waals surface area contributed by atoms with Crippen molar-refractivity contribution in [2.24, 2.45) is 0 Å². The van der Waals surface area contributed by atoms with E-state index in [2.05, 4.69) is 11.1 Å². The van der Waals surface area contributed by atoms with Crippen molar-refractivity contribution in [3.05, 3.63) is 101 Å². The average Bonchev–Trinajstić information content (AvgIpc) is 3.08. The van der Waals surface area contributed by atoms with E-state index in [0.29, 0.717) is 35.6 Å². The predicted octanol–water partition coefficient (Wildman–Crippen LogP) is 5.62. The second-order valence-electron chi connectivity index (χ2n) is 7.51. The van der Waals surface area contributed by atoms with Crippen LogP contribution in [-0.2, 0) is 13.0 Å². The minimum absolute atomic E-state index is 0.0243. The molecule has 0 amide bonds. The Kier molecular flexibility index (Phi) is 5.80. The third kappa shape index (κ3) is 4.33. The number of aromatic nitrogens is 2. The summed E-state index contributed by atoms with van der Waals surface area (Å²) in [4.78, 5) is 17.5. The normalized spacial score (nSPS) is 11.1. The molecule has 0 unspecified atom stereocenters. The van der Waals surface area contributed by atoms with Gasteiger partial charge in [0.15, 0.2) is 17.2 Å². The number of ketones is 1. The van der Waals surface area contributed by atoms with E-state index < -0.39 is 11.6 Å². The number of carbonyl (C=O) groups is 1. The number of benzene rings is 2. The number of hydrogen-bond acceptors (Lipinski definition) is 3. The molecule has 4 nitrogen and oxygen atoms in total. The molecule has 31 heavy (non-hydrogen) atoms. The number of imidazole rings is 1. The number of aryl methyl sites for hydroxylation is 3. The van der Waals surface area contributed by atoms with E-state index in [1.807, 2.05) is 25.1 Å². The van der Waals surface area contributed by atoms with Crippen LogP contribution in [0.15, 0.2) is 60.8 Å². The van der Waals surface area contributed by atoms with Gasteiger partial charge >= 0.3 is 0 Å². The largest absolute Gasteiger partial charge is 0.485 e. The van der Waals surface area contributed by atoms with Crippen LogP contribution >= 0.6 is 0 Å². The van der Waals surface area contributed by atoms with Crippen molar-refractivity contribution in [3.63, 3.8) is 0 Å². The van der Waals surface area contributed by atoms with Gasteiger partial charge < -0.3 is 4.74 Å².